The third-order valence-corrected chi connectivity index (χ3v) is 2.92. The smallest absolute Gasteiger partial charge is 0.119 e. The fraction of sp³-hybridized carbons (Fsp3) is 0.538. The van der Waals surface area contributed by atoms with Gasteiger partial charge in [-0.1, -0.05) is 24.4 Å². The van der Waals surface area contributed by atoms with Crippen LogP contribution >= 0.6 is 11.6 Å². The first-order valence-corrected chi connectivity index (χ1v) is 6.21. The van der Waals surface area contributed by atoms with E-state index in [-0.39, 0.29) is 0 Å². The molecule has 1 aromatic rings. The number of unbranched alkanes of at least 4 members (excludes halogenated alkanes) is 3. The van der Waals surface area contributed by atoms with E-state index in [1.54, 1.807) is 0 Å². The van der Waals surface area contributed by atoms with Crippen LogP contribution in [-0.4, -0.2) is 13.2 Å². The second-order valence-corrected chi connectivity index (χ2v) is 4.37. The number of rotatable bonds is 7. The van der Waals surface area contributed by atoms with Gasteiger partial charge in [-0.2, -0.15) is 0 Å². The fourth-order valence-electron chi connectivity index (χ4n) is 1.50. The van der Waals surface area contributed by atoms with E-state index in [2.05, 4.69) is 0 Å². The minimum Gasteiger partial charge on any atom is -0.494 e. The highest BCUT2D eigenvalue weighted by molar-refractivity contribution is 6.31. The molecule has 1 rings (SSSR count). The van der Waals surface area contributed by atoms with E-state index in [9.17, 15) is 0 Å². The normalized spacial score (nSPS) is 10.4. The van der Waals surface area contributed by atoms with Gasteiger partial charge in [-0.15, -0.1) is 0 Å². The summed E-state index contributed by atoms with van der Waals surface area (Å²) >= 11 is 5.93. The molecule has 16 heavy (non-hydrogen) atoms. The Morgan fingerprint density at radius 3 is 2.62 bits per heavy atom. The third-order valence-electron chi connectivity index (χ3n) is 2.50. The van der Waals surface area contributed by atoms with E-state index < -0.39 is 0 Å². The number of nitrogens with two attached hydrogens (primary N) is 1. The van der Waals surface area contributed by atoms with Gasteiger partial charge in [-0.3, -0.25) is 0 Å². The Kier molecular flexibility index (Phi) is 6.27. The molecule has 0 atom stereocenters. The van der Waals surface area contributed by atoms with Crippen LogP contribution in [0.2, 0.25) is 5.02 Å². The summed E-state index contributed by atoms with van der Waals surface area (Å²) < 4.78 is 5.63. The Balaban J connectivity index is 2.19. The molecular weight excluding hydrogens is 222 g/mol. The Bertz CT molecular complexity index is 315. The zero-order valence-electron chi connectivity index (χ0n) is 9.84. The second-order valence-electron chi connectivity index (χ2n) is 3.96. The molecule has 2 nitrogen and oxygen atoms in total. The molecule has 1 aromatic carbocycles. The lowest BCUT2D eigenvalue weighted by Gasteiger charge is -2.07. The predicted molar refractivity (Wildman–Crippen MR) is 69.2 cm³/mol. The van der Waals surface area contributed by atoms with Crippen molar-refractivity contribution in [1.29, 1.82) is 0 Å². The van der Waals surface area contributed by atoms with Crippen molar-refractivity contribution in [3.8, 4) is 5.75 Å². The van der Waals surface area contributed by atoms with Crippen molar-refractivity contribution < 1.29 is 4.74 Å². The number of ether oxygens (including phenoxy) is 1. The van der Waals surface area contributed by atoms with Crippen molar-refractivity contribution in [2.24, 2.45) is 5.73 Å². The minimum absolute atomic E-state index is 0.769. The molecule has 0 radical (unpaired) electrons. The van der Waals surface area contributed by atoms with Crippen molar-refractivity contribution in [3.05, 3.63) is 28.8 Å². The fourth-order valence-corrected chi connectivity index (χ4v) is 1.61. The molecule has 0 heterocycles. The van der Waals surface area contributed by atoms with Crippen LogP contribution < -0.4 is 10.5 Å². The van der Waals surface area contributed by atoms with Crippen molar-refractivity contribution in [2.75, 3.05) is 13.2 Å². The Morgan fingerprint density at radius 1 is 1.19 bits per heavy atom. The first-order chi connectivity index (χ1) is 7.74. The van der Waals surface area contributed by atoms with E-state index in [0.29, 0.717) is 0 Å². The summed E-state index contributed by atoms with van der Waals surface area (Å²) in [5.74, 6) is 0.903. The first kappa shape index (κ1) is 13.3. The Hall–Kier alpha value is -0.730. The number of hydrogen-bond acceptors (Lipinski definition) is 2. The summed E-state index contributed by atoms with van der Waals surface area (Å²) in [7, 11) is 0. The van der Waals surface area contributed by atoms with Crippen molar-refractivity contribution in [1.82, 2.24) is 0 Å². The Labute approximate surface area is 103 Å². The molecule has 0 aliphatic carbocycles. The quantitative estimate of drug-likeness (QED) is 0.741. The predicted octanol–water partition coefficient (Wildman–Crippen LogP) is 3.55. The summed E-state index contributed by atoms with van der Waals surface area (Å²) in [5, 5.41) is 0.787. The second kappa shape index (κ2) is 7.53. The topological polar surface area (TPSA) is 35.2 Å². The average molecular weight is 242 g/mol. The molecule has 0 fully saturated rings. The van der Waals surface area contributed by atoms with Crippen LogP contribution in [0.4, 0.5) is 0 Å². The molecule has 0 aliphatic heterocycles. The minimum atomic E-state index is 0.769. The maximum absolute atomic E-state index is 5.93. The zero-order chi connectivity index (χ0) is 11.8. The maximum Gasteiger partial charge on any atom is 0.119 e. The van der Waals surface area contributed by atoms with E-state index in [1.807, 2.05) is 25.1 Å². The van der Waals surface area contributed by atoms with Crippen molar-refractivity contribution >= 4 is 11.6 Å². The summed E-state index contributed by atoms with van der Waals surface area (Å²) in [5.41, 5.74) is 6.48. The summed E-state index contributed by atoms with van der Waals surface area (Å²) in [4.78, 5) is 0. The van der Waals surface area contributed by atoms with Gasteiger partial charge in [0.1, 0.15) is 5.75 Å². The van der Waals surface area contributed by atoms with Gasteiger partial charge in [0.15, 0.2) is 0 Å². The summed E-state index contributed by atoms with van der Waals surface area (Å²) in [6.07, 6.45) is 4.57. The molecule has 0 unspecified atom stereocenters. The third kappa shape index (κ3) is 4.86. The van der Waals surface area contributed by atoms with Crippen LogP contribution in [0.25, 0.3) is 0 Å². The van der Waals surface area contributed by atoms with Gasteiger partial charge in [0.25, 0.3) is 0 Å². The van der Waals surface area contributed by atoms with Crippen LogP contribution in [0.5, 0.6) is 5.75 Å². The highest BCUT2D eigenvalue weighted by atomic mass is 35.5. The molecule has 0 spiro atoms. The van der Waals surface area contributed by atoms with Gasteiger partial charge in [0.05, 0.1) is 6.61 Å². The molecule has 0 aromatic heterocycles. The molecule has 3 heteroatoms. The zero-order valence-corrected chi connectivity index (χ0v) is 10.6. The van der Waals surface area contributed by atoms with E-state index in [1.165, 1.54) is 12.8 Å². The SMILES string of the molecule is Cc1cc(OCCCCCCN)ccc1Cl. The van der Waals surface area contributed by atoms with Gasteiger partial charge in [-0.05, 0) is 50.1 Å². The van der Waals surface area contributed by atoms with Gasteiger partial charge < -0.3 is 10.5 Å². The van der Waals surface area contributed by atoms with Crippen LogP contribution in [0.15, 0.2) is 18.2 Å². The van der Waals surface area contributed by atoms with Crippen LogP contribution in [0, 0.1) is 6.92 Å². The van der Waals surface area contributed by atoms with Gasteiger partial charge in [-0.25, -0.2) is 0 Å². The van der Waals surface area contributed by atoms with Crippen LogP contribution in [0.3, 0.4) is 0 Å². The van der Waals surface area contributed by atoms with Crippen molar-refractivity contribution in [3.63, 3.8) is 0 Å². The highest BCUT2D eigenvalue weighted by Gasteiger charge is 1.98. The summed E-state index contributed by atoms with van der Waals surface area (Å²) in [6.45, 7) is 3.54. The lowest BCUT2D eigenvalue weighted by Crippen LogP contribution is -2.00. The molecule has 0 bridgehead atoms. The molecule has 0 saturated carbocycles. The number of benzene rings is 1. The molecule has 90 valence electrons. The standard InChI is InChI=1S/C13H20ClNO/c1-11-10-12(6-7-13(11)14)16-9-5-3-2-4-8-15/h6-7,10H,2-5,8-9,15H2,1H3. The number of aryl methyl sites for hydroxylation is 1. The van der Waals surface area contributed by atoms with Crippen LogP contribution in [0.1, 0.15) is 31.2 Å². The molecule has 2 N–H and O–H groups in total. The van der Waals surface area contributed by atoms with E-state index in [4.69, 9.17) is 22.1 Å². The number of hydrogen-bond donors (Lipinski definition) is 1. The first-order valence-electron chi connectivity index (χ1n) is 5.83. The van der Waals surface area contributed by atoms with Gasteiger partial charge in [0.2, 0.25) is 0 Å². The van der Waals surface area contributed by atoms with Gasteiger partial charge >= 0.3 is 0 Å². The molecule has 0 saturated heterocycles. The van der Waals surface area contributed by atoms with Crippen molar-refractivity contribution in [2.45, 2.75) is 32.6 Å². The highest BCUT2D eigenvalue weighted by Crippen LogP contribution is 2.21. The lowest BCUT2D eigenvalue weighted by atomic mass is 10.2. The van der Waals surface area contributed by atoms with E-state index in [0.717, 1.165) is 42.3 Å². The lowest BCUT2D eigenvalue weighted by molar-refractivity contribution is 0.304. The van der Waals surface area contributed by atoms with Gasteiger partial charge in [0, 0.05) is 5.02 Å². The molecule has 0 aliphatic rings. The summed E-state index contributed by atoms with van der Waals surface area (Å²) in [6, 6.07) is 5.76. The Morgan fingerprint density at radius 2 is 1.94 bits per heavy atom. The maximum atomic E-state index is 5.93. The monoisotopic (exact) mass is 241 g/mol. The largest absolute Gasteiger partial charge is 0.494 e. The van der Waals surface area contributed by atoms with Crippen LogP contribution in [-0.2, 0) is 0 Å². The molecular formula is C13H20ClNO. The molecule has 0 amide bonds. The van der Waals surface area contributed by atoms with E-state index >= 15 is 0 Å². The number of halogens is 1. The average Bonchev–Trinajstić information content (AvgIpc) is 2.28.